The van der Waals surface area contributed by atoms with E-state index in [1.165, 1.54) is 32.1 Å². The molecule has 1 aromatic carbocycles. The second-order valence-corrected chi connectivity index (χ2v) is 6.22. The predicted molar refractivity (Wildman–Crippen MR) is 91.3 cm³/mol. The van der Waals surface area contributed by atoms with E-state index in [0.29, 0.717) is 5.92 Å². The minimum absolute atomic E-state index is 0. The monoisotopic (exact) mass is 319 g/mol. The van der Waals surface area contributed by atoms with Crippen molar-refractivity contribution in [2.24, 2.45) is 11.7 Å². The van der Waals surface area contributed by atoms with Gasteiger partial charge >= 0.3 is 0 Å². The molecule has 4 rings (SSSR count). The standard InChI is InChI=1S/C17H21N3O.ClH/c18-15(12-4-2-1-3-5-12)11-20-17-13(10-19-20)6-7-16-14(17)8-9-21-16;/h6-10,12,15H,1-5,11,18H2;1H. The second-order valence-electron chi connectivity index (χ2n) is 6.22. The van der Waals surface area contributed by atoms with E-state index in [1.807, 2.05) is 18.3 Å². The van der Waals surface area contributed by atoms with Gasteiger partial charge in [-0.15, -0.1) is 12.4 Å². The van der Waals surface area contributed by atoms with Gasteiger partial charge in [-0.05, 0) is 37.0 Å². The molecule has 3 aromatic rings. The minimum atomic E-state index is 0. The Morgan fingerprint density at radius 2 is 2.05 bits per heavy atom. The highest BCUT2D eigenvalue weighted by molar-refractivity contribution is 6.03. The zero-order valence-electron chi connectivity index (χ0n) is 12.6. The summed E-state index contributed by atoms with van der Waals surface area (Å²) in [4.78, 5) is 0. The predicted octanol–water partition coefficient (Wildman–Crippen LogP) is 4.11. The van der Waals surface area contributed by atoms with Crippen molar-refractivity contribution >= 4 is 34.3 Å². The van der Waals surface area contributed by atoms with Crippen molar-refractivity contribution < 1.29 is 4.42 Å². The smallest absolute Gasteiger partial charge is 0.136 e. The third kappa shape index (κ3) is 2.61. The average molecular weight is 320 g/mol. The lowest BCUT2D eigenvalue weighted by Gasteiger charge is -2.27. The first kappa shape index (κ1) is 15.4. The first-order valence-corrected chi connectivity index (χ1v) is 7.90. The molecule has 4 nitrogen and oxygen atoms in total. The fourth-order valence-corrected chi connectivity index (χ4v) is 3.68. The van der Waals surface area contributed by atoms with E-state index in [9.17, 15) is 0 Å². The third-order valence-corrected chi connectivity index (χ3v) is 4.87. The van der Waals surface area contributed by atoms with Gasteiger partial charge in [0.1, 0.15) is 5.58 Å². The van der Waals surface area contributed by atoms with Crippen molar-refractivity contribution in [2.45, 2.75) is 44.7 Å². The second kappa shape index (κ2) is 6.31. The Morgan fingerprint density at radius 3 is 2.86 bits per heavy atom. The molecule has 1 atom stereocenters. The average Bonchev–Trinajstić information content (AvgIpc) is 3.14. The quantitative estimate of drug-likeness (QED) is 0.790. The van der Waals surface area contributed by atoms with Gasteiger partial charge in [-0.2, -0.15) is 5.10 Å². The number of fused-ring (bicyclic) bond motifs is 3. The van der Waals surface area contributed by atoms with Crippen molar-refractivity contribution in [2.75, 3.05) is 0 Å². The Bertz CT molecular complexity index is 758. The van der Waals surface area contributed by atoms with Gasteiger partial charge in [0.05, 0.1) is 24.5 Å². The molecule has 0 bridgehead atoms. The summed E-state index contributed by atoms with van der Waals surface area (Å²) in [6.07, 6.45) is 10.2. The Labute approximate surface area is 136 Å². The molecular weight excluding hydrogens is 298 g/mol. The van der Waals surface area contributed by atoms with Gasteiger partial charge in [0.2, 0.25) is 0 Å². The van der Waals surface area contributed by atoms with Gasteiger partial charge in [0.25, 0.3) is 0 Å². The van der Waals surface area contributed by atoms with E-state index in [2.05, 4.69) is 15.8 Å². The number of nitrogens with two attached hydrogens (primary N) is 1. The largest absolute Gasteiger partial charge is 0.464 e. The van der Waals surface area contributed by atoms with Gasteiger partial charge in [-0.1, -0.05) is 19.3 Å². The van der Waals surface area contributed by atoms with Crippen LogP contribution in [0.3, 0.4) is 0 Å². The fraction of sp³-hybridized carbons (Fsp3) is 0.471. The number of nitrogens with zero attached hydrogens (tertiary/aromatic N) is 2. The molecule has 1 aliphatic rings. The lowest BCUT2D eigenvalue weighted by molar-refractivity contribution is 0.281. The van der Waals surface area contributed by atoms with E-state index >= 15 is 0 Å². The maximum absolute atomic E-state index is 6.47. The van der Waals surface area contributed by atoms with Crippen LogP contribution in [-0.2, 0) is 6.54 Å². The maximum Gasteiger partial charge on any atom is 0.136 e. The summed E-state index contributed by atoms with van der Waals surface area (Å²) in [5.41, 5.74) is 8.52. The zero-order valence-corrected chi connectivity index (χ0v) is 13.4. The molecule has 22 heavy (non-hydrogen) atoms. The minimum Gasteiger partial charge on any atom is -0.464 e. The van der Waals surface area contributed by atoms with Crippen LogP contribution in [0.4, 0.5) is 0 Å². The summed E-state index contributed by atoms with van der Waals surface area (Å²) in [7, 11) is 0. The number of hydrogen-bond donors (Lipinski definition) is 1. The molecule has 0 radical (unpaired) electrons. The highest BCUT2D eigenvalue weighted by Gasteiger charge is 2.22. The molecule has 0 amide bonds. The van der Waals surface area contributed by atoms with Crippen LogP contribution in [0.1, 0.15) is 32.1 Å². The lowest BCUT2D eigenvalue weighted by Crippen LogP contribution is -2.35. The fourth-order valence-electron chi connectivity index (χ4n) is 3.68. The van der Waals surface area contributed by atoms with Crippen LogP contribution in [0, 0.1) is 5.92 Å². The summed E-state index contributed by atoms with van der Waals surface area (Å²) in [5, 5.41) is 6.83. The molecule has 118 valence electrons. The van der Waals surface area contributed by atoms with Crippen molar-refractivity contribution in [3.8, 4) is 0 Å². The molecule has 1 saturated carbocycles. The third-order valence-electron chi connectivity index (χ3n) is 4.87. The molecule has 0 aliphatic heterocycles. The topological polar surface area (TPSA) is 57.0 Å². The molecule has 0 spiro atoms. The molecule has 1 aliphatic carbocycles. The highest BCUT2D eigenvalue weighted by Crippen LogP contribution is 2.29. The molecule has 2 N–H and O–H groups in total. The van der Waals surface area contributed by atoms with Gasteiger partial charge < -0.3 is 10.2 Å². The zero-order chi connectivity index (χ0) is 14.2. The molecular formula is C17H22ClN3O. The number of furan rings is 1. The van der Waals surface area contributed by atoms with Crippen molar-refractivity contribution in [1.29, 1.82) is 0 Å². The summed E-state index contributed by atoms with van der Waals surface area (Å²) in [6.45, 7) is 0.790. The van der Waals surface area contributed by atoms with Crippen molar-refractivity contribution in [3.63, 3.8) is 0 Å². The van der Waals surface area contributed by atoms with Gasteiger partial charge in [-0.3, -0.25) is 4.68 Å². The number of halogens is 1. The van der Waals surface area contributed by atoms with Crippen LogP contribution >= 0.6 is 12.4 Å². The number of hydrogen-bond acceptors (Lipinski definition) is 3. The normalized spacial score (nSPS) is 17.7. The van der Waals surface area contributed by atoms with E-state index < -0.39 is 0 Å². The molecule has 1 fully saturated rings. The number of rotatable bonds is 3. The maximum atomic E-state index is 6.47. The molecule has 1 unspecified atom stereocenters. The summed E-state index contributed by atoms with van der Waals surface area (Å²) in [5.74, 6) is 0.640. The Morgan fingerprint density at radius 1 is 1.23 bits per heavy atom. The van der Waals surface area contributed by atoms with E-state index in [-0.39, 0.29) is 18.4 Å². The Balaban J connectivity index is 0.00000144. The van der Waals surface area contributed by atoms with E-state index in [0.717, 1.165) is 28.4 Å². The summed E-state index contributed by atoms with van der Waals surface area (Å²) >= 11 is 0. The van der Waals surface area contributed by atoms with Gasteiger partial charge in [-0.25, -0.2) is 0 Å². The molecule has 5 heteroatoms. The van der Waals surface area contributed by atoms with Gasteiger partial charge in [0.15, 0.2) is 0 Å². The van der Waals surface area contributed by atoms with E-state index in [1.54, 1.807) is 6.26 Å². The highest BCUT2D eigenvalue weighted by atomic mass is 35.5. The van der Waals surface area contributed by atoms with Crippen molar-refractivity contribution in [1.82, 2.24) is 9.78 Å². The van der Waals surface area contributed by atoms with Crippen LogP contribution in [-0.4, -0.2) is 15.8 Å². The van der Waals surface area contributed by atoms with Crippen LogP contribution in [0.2, 0.25) is 0 Å². The number of aromatic nitrogens is 2. The number of benzene rings is 1. The Hall–Kier alpha value is -1.52. The Kier molecular flexibility index (Phi) is 4.41. The van der Waals surface area contributed by atoms with Crippen molar-refractivity contribution in [3.05, 3.63) is 30.7 Å². The van der Waals surface area contributed by atoms with Crippen LogP contribution in [0.15, 0.2) is 35.1 Å². The van der Waals surface area contributed by atoms with Crippen LogP contribution in [0.25, 0.3) is 21.9 Å². The summed E-state index contributed by atoms with van der Waals surface area (Å²) in [6, 6.07) is 6.28. The SMILES string of the molecule is Cl.NC(Cn1ncc2ccc3occc3c21)C1CCCCC1. The first-order chi connectivity index (χ1) is 10.3. The van der Waals surface area contributed by atoms with E-state index in [4.69, 9.17) is 10.2 Å². The van der Waals surface area contributed by atoms with Crippen LogP contribution < -0.4 is 5.73 Å². The molecule has 2 heterocycles. The summed E-state index contributed by atoms with van der Waals surface area (Å²) < 4.78 is 7.56. The molecule has 0 saturated heterocycles. The molecule has 2 aromatic heterocycles. The van der Waals surface area contributed by atoms with Gasteiger partial charge in [0, 0.05) is 16.8 Å². The first-order valence-electron chi connectivity index (χ1n) is 7.90. The van der Waals surface area contributed by atoms with Crippen LogP contribution in [0.5, 0.6) is 0 Å². The lowest BCUT2D eigenvalue weighted by atomic mass is 9.84.